The maximum atomic E-state index is 12.9. The van der Waals surface area contributed by atoms with Crippen LogP contribution in [-0.2, 0) is 28.6 Å². The van der Waals surface area contributed by atoms with Gasteiger partial charge in [-0.1, -0.05) is 288 Å². The maximum Gasteiger partial charge on any atom is 0.306 e. The van der Waals surface area contributed by atoms with Crippen LogP contribution in [-0.4, -0.2) is 37.2 Å². The average molecular weight is 1020 g/mol. The molecule has 1 atom stereocenters. The van der Waals surface area contributed by atoms with Crippen molar-refractivity contribution in [2.75, 3.05) is 13.2 Å². The minimum Gasteiger partial charge on any atom is -0.462 e. The van der Waals surface area contributed by atoms with E-state index >= 15 is 0 Å². The number of rotatable bonds is 59. The monoisotopic (exact) mass is 1020 g/mol. The highest BCUT2D eigenvalue weighted by molar-refractivity contribution is 5.71. The Kier molecular flexibility index (Phi) is 59.7. The van der Waals surface area contributed by atoms with Crippen LogP contribution in [0.1, 0.15) is 342 Å². The van der Waals surface area contributed by atoms with Gasteiger partial charge in [-0.05, 0) is 83.5 Å². The summed E-state index contributed by atoms with van der Waals surface area (Å²) in [5.41, 5.74) is 0. The largest absolute Gasteiger partial charge is 0.462 e. The van der Waals surface area contributed by atoms with Crippen molar-refractivity contribution in [1.82, 2.24) is 0 Å². The van der Waals surface area contributed by atoms with Crippen molar-refractivity contribution in [3.05, 3.63) is 48.6 Å². The highest BCUT2D eigenvalue weighted by Crippen LogP contribution is 2.17. The highest BCUT2D eigenvalue weighted by atomic mass is 16.6. The van der Waals surface area contributed by atoms with Crippen LogP contribution in [0.2, 0.25) is 0 Å². The summed E-state index contributed by atoms with van der Waals surface area (Å²) >= 11 is 0. The minimum atomic E-state index is -0.792. The number of carbonyl (C=O) groups excluding carboxylic acids is 3. The van der Waals surface area contributed by atoms with E-state index in [4.69, 9.17) is 14.2 Å². The summed E-state index contributed by atoms with van der Waals surface area (Å²) in [7, 11) is 0. The SMILES string of the molecule is CCCCC/C=C\C/C=C\C/C=C\CCCCC(=O)O[C@H](COC(=O)CCCCCCCCCCCCC/C=C\CCCCCCCC)COC(=O)CCCCCCCCCCCCCCCCCCCCC. The third-order valence-corrected chi connectivity index (χ3v) is 14.3. The normalized spacial score (nSPS) is 12.3. The van der Waals surface area contributed by atoms with Gasteiger partial charge in [-0.2, -0.15) is 0 Å². The predicted octanol–water partition coefficient (Wildman–Crippen LogP) is 21.8. The number of hydrogen-bond acceptors (Lipinski definition) is 6. The van der Waals surface area contributed by atoms with Gasteiger partial charge in [-0.3, -0.25) is 14.4 Å². The maximum absolute atomic E-state index is 12.9. The molecule has 0 amide bonds. The van der Waals surface area contributed by atoms with Crippen molar-refractivity contribution in [2.24, 2.45) is 0 Å². The van der Waals surface area contributed by atoms with Crippen molar-refractivity contribution in [1.29, 1.82) is 0 Å². The first kappa shape index (κ1) is 70.4. The Balaban J connectivity index is 4.34. The number of esters is 3. The van der Waals surface area contributed by atoms with Crippen LogP contribution in [0.3, 0.4) is 0 Å². The summed E-state index contributed by atoms with van der Waals surface area (Å²) in [6.45, 7) is 6.63. The van der Waals surface area contributed by atoms with Crippen LogP contribution in [0.15, 0.2) is 48.6 Å². The first-order chi connectivity index (χ1) is 36.0. The lowest BCUT2D eigenvalue weighted by Gasteiger charge is -2.18. The van der Waals surface area contributed by atoms with E-state index in [1.165, 1.54) is 231 Å². The fraction of sp³-hybridized carbons (Fsp3) is 0.836. The van der Waals surface area contributed by atoms with Gasteiger partial charge in [0, 0.05) is 19.3 Å². The smallest absolute Gasteiger partial charge is 0.306 e. The van der Waals surface area contributed by atoms with Gasteiger partial charge in [0.2, 0.25) is 0 Å². The van der Waals surface area contributed by atoms with Gasteiger partial charge in [0.15, 0.2) is 6.10 Å². The molecular formula is C67H122O6. The Labute approximate surface area is 454 Å². The molecule has 6 heteroatoms. The zero-order chi connectivity index (χ0) is 52.9. The van der Waals surface area contributed by atoms with E-state index in [1.54, 1.807) is 0 Å². The molecule has 0 heterocycles. The molecule has 0 aliphatic heterocycles. The third-order valence-electron chi connectivity index (χ3n) is 14.3. The second-order valence-corrected chi connectivity index (χ2v) is 21.7. The molecule has 0 aliphatic carbocycles. The molecule has 0 rings (SSSR count). The Morgan fingerprint density at radius 2 is 0.493 bits per heavy atom. The molecule has 0 saturated heterocycles. The third kappa shape index (κ3) is 60.1. The Morgan fingerprint density at radius 1 is 0.274 bits per heavy atom. The second-order valence-electron chi connectivity index (χ2n) is 21.7. The number of carbonyl (C=O) groups is 3. The molecule has 0 aromatic carbocycles. The molecule has 426 valence electrons. The molecule has 73 heavy (non-hydrogen) atoms. The average Bonchev–Trinajstić information content (AvgIpc) is 3.39. The van der Waals surface area contributed by atoms with Crippen molar-refractivity contribution in [2.45, 2.75) is 348 Å². The van der Waals surface area contributed by atoms with Crippen LogP contribution >= 0.6 is 0 Å². The van der Waals surface area contributed by atoms with E-state index in [1.807, 2.05) is 0 Å². The van der Waals surface area contributed by atoms with Gasteiger partial charge in [-0.15, -0.1) is 0 Å². The van der Waals surface area contributed by atoms with E-state index in [9.17, 15) is 14.4 Å². The summed E-state index contributed by atoms with van der Waals surface area (Å²) in [5, 5.41) is 0. The molecule has 0 spiro atoms. The van der Waals surface area contributed by atoms with Crippen molar-refractivity contribution in [3.8, 4) is 0 Å². The lowest BCUT2D eigenvalue weighted by Crippen LogP contribution is -2.30. The van der Waals surface area contributed by atoms with E-state index in [0.29, 0.717) is 19.3 Å². The standard InChI is InChI=1S/C67H122O6/c1-4-7-10-13-16-19-22-25-28-30-32-33-35-37-40-42-45-48-51-54-57-60-66(69)72-63-64(73-67(70)61-58-55-52-49-46-43-38-27-24-21-18-15-12-9-6-3)62-71-65(68)59-56-53-50-47-44-41-39-36-34-31-29-26-23-20-17-14-11-8-5-2/h18,21,25,27-28,38,46,49,64H,4-17,19-20,22-24,26,29-37,39-45,47-48,50-63H2,1-3H3/b21-18-,28-25-,38-27-,49-46-/t64-/m0/s1. The topological polar surface area (TPSA) is 78.9 Å². The summed E-state index contributed by atoms with van der Waals surface area (Å²) in [6.07, 6.45) is 76.9. The molecule has 0 aromatic heterocycles. The van der Waals surface area contributed by atoms with Crippen LogP contribution < -0.4 is 0 Å². The van der Waals surface area contributed by atoms with Gasteiger partial charge < -0.3 is 14.2 Å². The van der Waals surface area contributed by atoms with E-state index in [-0.39, 0.29) is 37.5 Å². The van der Waals surface area contributed by atoms with Crippen molar-refractivity contribution >= 4 is 17.9 Å². The summed E-state index contributed by atoms with van der Waals surface area (Å²) < 4.78 is 16.9. The zero-order valence-corrected chi connectivity index (χ0v) is 48.9. The van der Waals surface area contributed by atoms with Gasteiger partial charge in [-0.25, -0.2) is 0 Å². The number of hydrogen-bond donors (Lipinski definition) is 0. The Hall–Kier alpha value is -2.63. The van der Waals surface area contributed by atoms with Crippen LogP contribution in [0.5, 0.6) is 0 Å². The summed E-state index contributed by atoms with van der Waals surface area (Å²) in [4.78, 5) is 38.3. The fourth-order valence-corrected chi connectivity index (χ4v) is 9.45. The molecule has 0 radical (unpaired) electrons. The molecule has 0 bridgehead atoms. The van der Waals surface area contributed by atoms with Crippen LogP contribution in [0, 0.1) is 0 Å². The highest BCUT2D eigenvalue weighted by Gasteiger charge is 2.19. The van der Waals surface area contributed by atoms with Gasteiger partial charge in [0.25, 0.3) is 0 Å². The summed E-state index contributed by atoms with van der Waals surface area (Å²) in [5.74, 6) is -0.903. The van der Waals surface area contributed by atoms with E-state index in [0.717, 1.165) is 64.2 Å². The van der Waals surface area contributed by atoms with E-state index < -0.39 is 6.10 Å². The quantitative estimate of drug-likeness (QED) is 0.0261. The molecule has 0 aromatic rings. The molecule has 0 N–H and O–H groups in total. The molecule has 0 aliphatic rings. The van der Waals surface area contributed by atoms with Crippen LogP contribution in [0.4, 0.5) is 0 Å². The second kappa shape index (κ2) is 61.9. The lowest BCUT2D eigenvalue weighted by molar-refractivity contribution is -0.167. The molecular weight excluding hydrogens is 901 g/mol. The number of ether oxygens (including phenoxy) is 3. The van der Waals surface area contributed by atoms with Crippen LogP contribution in [0.25, 0.3) is 0 Å². The lowest BCUT2D eigenvalue weighted by atomic mass is 10.0. The molecule has 0 fully saturated rings. The fourth-order valence-electron chi connectivity index (χ4n) is 9.45. The minimum absolute atomic E-state index is 0.0847. The van der Waals surface area contributed by atoms with Crippen molar-refractivity contribution in [3.63, 3.8) is 0 Å². The Morgan fingerprint density at radius 3 is 0.836 bits per heavy atom. The van der Waals surface area contributed by atoms with Gasteiger partial charge >= 0.3 is 17.9 Å². The molecule has 0 saturated carbocycles. The predicted molar refractivity (Wildman–Crippen MR) is 316 cm³/mol. The zero-order valence-electron chi connectivity index (χ0n) is 48.9. The number of unbranched alkanes of at least 4 members (excludes halogenated alkanes) is 40. The first-order valence-electron chi connectivity index (χ1n) is 32.1. The van der Waals surface area contributed by atoms with Gasteiger partial charge in [0.1, 0.15) is 13.2 Å². The molecule has 6 nitrogen and oxygen atoms in total. The summed E-state index contributed by atoms with van der Waals surface area (Å²) in [6, 6.07) is 0. The van der Waals surface area contributed by atoms with E-state index in [2.05, 4.69) is 69.4 Å². The van der Waals surface area contributed by atoms with Gasteiger partial charge in [0.05, 0.1) is 0 Å². The Bertz CT molecular complexity index is 1270. The number of allylic oxidation sites excluding steroid dienone is 8. The van der Waals surface area contributed by atoms with Crippen molar-refractivity contribution < 1.29 is 28.6 Å². The first-order valence-corrected chi connectivity index (χ1v) is 32.1. The molecule has 0 unspecified atom stereocenters.